The van der Waals surface area contributed by atoms with E-state index in [9.17, 15) is 4.79 Å². The summed E-state index contributed by atoms with van der Waals surface area (Å²) in [6.07, 6.45) is 1.84. The normalized spacial score (nSPS) is 10.8. The number of aromatic amines is 1. The molecule has 2 aromatic rings. The fourth-order valence-corrected chi connectivity index (χ4v) is 2.04. The summed E-state index contributed by atoms with van der Waals surface area (Å²) in [6.45, 7) is 4.25. The van der Waals surface area contributed by atoms with Crippen molar-refractivity contribution in [3.63, 3.8) is 0 Å². The fraction of sp³-hybridized carbons (Fsp3) is 0.333. The van der Waals surface area contributed by atoms with E-state index in [2.05, 4.69) is 29.9 Å². The molecule has 2 N–H and O–H groups in total. The highest BCUT2D eigenvalue weighted by atomic mass is 16.5. The lowest BCUT2D eigenvalue weighted by Crippen LogP contribution is -2.00. The lowest BCUT2D eigenvalue weighted by Gasteiger charge is -2.12. The van der Waals surface area contributed by atoms with Gasteiger partial charge >= 0.3 is 5.97 Å². The summed E-state index contributed by atoms with van der Waals surface area (Å²) in [5, 5.41) is 8.89. The van der Waals surface area contributed by atoms with Gasteiger partial charge in [-0.3, -0.25) is 0 Å². The predicted molar refractivity (Wildman–Crippen MR) is 75.4 cm³/mol. The van der Waals surface area contributed by atoms with Gasteiger partial charge in [0.15, 0.2) is 0 Å². The molecule has 5 nitrogen and oxygen atoms in total. The van der Waals surface area contributed by atoms with E-state index in [0.29, 0.717) is 18.2 Å². The number of methoxy groups -OCH3 is 1. The molecule has 1 aromatic carbocycles. The van der Waals surface area contributed by atoms with Crippen molar-refractivity contribution in [2.75, 3.05) is 7.11 Å². The number of carboxylic acids is 1. The maximum atomic E-state index is 10.8. The number of hydrogen-bond donors (Lipinski definition) is 2. The zero-order chi connectivity index (χ0) is 14.7. The summed E-state index contributed by atoms with van der Waals surface area (Å²) in [6, 6.07) is 6.05. The van der Waals surface area contributed by atoms with Crippen LogP contribution in [-0.4, -0.2) is 28.2 Å². The monoisotopic (exact) mass is 274 g/mol. The van der Waals surface area contributed by atoms with E-state index in [1.54, 1.807) is 7.11 Å². The minimum atomic E-state index is -1.01. The molecule has 0 bridgehead atoms. The van der Waals surface area contributed by atoms with Crippen LogP contribution in [0.5, 0.6) is 5.75 Å². The lowest BCUT2D eigenvalue weighted by molar-refractivity contribution is 0.0691. The molecule has 0 saturated carbocycles. The van der Waals surface area contributed by atoms with Crippen molar-refractivity contribution in [3.05, 3.63) is 47.0 Å². The first-order valence-electron chi connectivity index (χ1n) is 6.45. The Morgan fingerprint density at radius 3 is 2.75 bits per heavy atom. The predicted octanol–water partition coefficient (Wildman–Crippen LogP) is 2.83. The Labute approximate surface area is 117 Å². The Kier molecular flexibility index (Phi) is 4.08. The van der Waals surface area contributed by atoms with Gasteiger partial charge in [0.1, 0.15) is 17.3 Å². The highest BCUT2D eigenvalue weighted by molar-refractivity contribution is 5.85. The average molecular weight is 274 g/mol. The first kappa shape index (κ1) is 14.1. The maximum absolute atomic E-state index is 10.8. The van der Waals surface area contributed by atoms with Gasteiger partial charge in [0.05, 0.1) is 13.3 Å². The fourth-order valence-electron chi connectivity index (χ4n) is 2.04. The Bertz CT molecular complexity index is 617. The molecule has 0 fully saturated rings. The van der Waals surface area contributed by atoms with Crippen LogP contribution in [0, 0.1) is 0 Å². The number of nitrogens with one attached hydrogen (secondary N) is 1. The van der Waals surface area contributed by atoms with Crippen LogP contribution in [-0.2, 0) is 6.42 Å². The third kappa shape index (κ3) is 2.99. The molecule has 0 aliphatic heterocycles. The molecule has 0 atom stereocenters. The number of H-pyrrole nitrogens is 1. The number of aromatic nitrogens is 2. The summed E-state index contributed by atoms with van der Waals surface area (Å²) < 4.78 is 5.35. The molecule has 2 rings (SSSR count). The molecule has 0 amide bonds. The van der Waals surface area contributed by atoms with Crippen LogP contribution < -0.4 is 4.74 Å². The van der Waals surface area contributed by atoms with Crippen molar-refractivity contribution in [2.24, 2.45) is 0 Å². The number of nitrogens with zero attached hydrogens (tertiary/aromatic N) is 1. The Morgan fingerprint density at radius 1 is 1.45 bits per heavy atom. The van der Waals surface area contributed by atoms with Crippen LogP contribution in [0.4, 0.5) is 0 Å². The van der Waals surface area contributed by atoms with Gasteiger partial charge in [-0.2, -0.15) is 0 Å². The Balaban J connectivity index is 2.30. The van der Waals surface area contributed by atoms with E-state index in [4.69, 9.17) is 9.84 Å². The van der Waals surface area contributed by atoms with Crippen molar-refractivity contribution in [3.8, 4) is 5.75 Å². The van der Waals surface area contributed by atoms with Gasteiger partial charge in [0.2, 0.25) is 0 Å². The number of rotatable bonds is 5. The molecule has 0 aliphatic rings. The van der Waals surface area contributed by atoms with Crippen LogP contribution >= 0.6 is 0 Å². The first-order chi connectivity index (χ1) is 9.51. The number of imidazole rings is 1. The molecular formula is C15H18N2O3. The SMILES string of the molecule is COc1ccc(C(C)C)cc1Cc1ncc(C(=O)O)[nH]1. The highest BCUT2D eigenvalue weighted by Crippen LogP contribution is 2.25. The number of hydrogen-bond acceptors (Lipinski definition) is 3. The number of benzene rings is 1. The zero-order valence-electron chi connectivity index (χ0n) is 11.8. The smallest absolute Gasteiger partial charge is 0.353 e. The van der Waals surface area contributed by atoms with Gasteiger partial charge in [0, 0.05) is 12.0 Å². The number of carbonyl (C=O) groups is 1. The molecule has 1 aromatic heterocycles. The van der Waals surface area contributed by atoms with Gasteiger partial charge in [0.25, 0.3) is 0 Å². The van der Waals surface area contributed by atoms with Crippen LogP contribution in [0.2, 0.25) is 0 Å². The minimum Gasteiger partial charge on any atom is -0.496 e. The summed E-state index contributed by atoms with van der Waals surface area (Å²) in [5.74, 6) is 0.807. The quantitative estimate of drug-likeness (QED) is 0.879. The standard InChI is InChI=1S/C15H18N2O3/c1-9(2)10-4-5-13(20-3)11(6-10)7-14-16-8-12(17-14)15(18)19/h4-6,8-9H,7H2,1-3H3,(H,16,17)(H,18,19). The molecule has 0 saturated heterocycles. The summed E-state index contributed by atoms with van der Waals surface area (Å²) >= 11 is 0. The van der Waals surface area contributed by atoms with Gasteiger partial charge in [-0.05, 0) is 17.5 Å². The molecule has 1 heterocycles. The molecule has 0 radical (unpaired) electrons. The zero-order valence-corrected chi connectivity index (χ0v) is 11.8. The van der Waals surface area contributed by atoms with Crippen LogP contribution in [0.3, 0.4) is 0 Å². The maximum Gasteiger partial charge on any atom is 0.353 e. The lowest BCUT2D eigenvalue weighted by atomic mass is 9.99. The number of ether oxygens (including phenoxy) is 1. The largest absolute Gasteiger partial charge is 0.496 e. The van der Waals surface area contributed by atoms with Gasteiger partial charge < -0.3 is 14.8 Å². The van der Waals surface area contributed by atoms with Crippen LogP contribution in [0.1, 0.15) is 47.2 Å². The van der Waals surface area contributed by atoms with Crippen LogP contribution in [0.15, 0.2) is 24.4 Å². The summed E-state index contributed by atoms with van der Waals surface area (Å²) in [7, 11) is 1.62. The van der Waals surface area contributed by atoms with Crippen molar-refractivity contribution in [2.45, 2.75) is 26.2 Å². The third-order valence-electron chi connectivity index (χ3n) is 3.19. The molecular weight excluding hydrogens is 256 g/mol. The molecule has 0 spiro atoms. The summed E-state index contributed by atoms with van der Waals surface area (Å²) in [5.41, 5.74) is 2.30. The highest BCUT2D eigenvalue weighted by Gasteiger charge is 2.11. The Morgan fingerprint density at radius 2 is 2.20 bits per heavy atom. The minimum absolute atomic E-state index is 0.0963. The van der Waals surface area contributed by atoms with E-state index < -0.39 is 5.97 Å². The van der Waals surface area contributed by atoms with E-state index >= 15 is 0 Å². The third-order valence-corrected chi connectivity index (χ3v) is 3.19. The second-order valence-electron chi connectivity index (χ2n) is 4.95. The number of carboxylic acid groups (broad SMARTS) is 1. The molecule has 20 heavy (non-hydrogen) atoms. The topological polar surface area (TPSA) is 75.2 Å². The summed E-state index contributed by atoms with van der Waals surface area (Å²) in [4.78, 5) is 17.7. The van der Waals surface area contributed by atoms with E-state index in [1.807, 2.05) is 12.1 Å². The second-order valence-corrected chi connectivity index (χ2v) is 4.95. The van der Waals surface area contributed by atoms with Crippen molar-refractivity contribution >= 4 is 5.97 Å². The van der Waals surface area contributed by atoms with Crippen molar-refractivity contribution in [1.29, 1.82) is 0 Å². The van der Waals surface area contributed by atoms with Gasteiger partial charge in [-0.25, -0.2) is 9.78 Å². The number of aromatic carboxylic acids is 1. The van der Waals surface area contributed by atoms with E-state index in [0.717, 1.165) is 11.3 Å². The average Bonchev–Trinajstić information content (AvgIpc) is 2.87. The molecule has 5 heteroatoms. The van der Waals surface area contributed by atoms with Crippen LogP contribution in [0.25, 0.3) is 0 Å². The van der Waals surface area contributed by atoms with Crippen molar-refractivity contribution < 1.29 is 14.6 Å². The molecule has 0 unspecified atom stereocenters. The molecule has 0 aliphatic carbocycles. The molecule has 106 valence electrons. The first-order valence-corrected chi connectivity index (χ1v) is 6.45. The Hall–Kier alpha value is -2.30. The van der Waals surface area contributed by atoms with Gasteiger partial charge in [-0.1, -0.05) is 26.0 Å². The van der Waals surface area contributed by atoms with Gasteiger partial charge in [-0.15, -0.1) is 0 Å². The van der Waals surface area contributed by atoms with E-state index in [1.165, 1.54) is 11.8 Å². The van der Waals surface area contributed by atoms with E-state index in [-0.39, 0.29) is 5.69 Å². The second kappa shape index (κ2) is 5.77. The van der Waals surface area contributed by atoms with Crippen molar-refractivity contribution in [1.82, 2.24) is 9.97 Å².